The van der Waals surface area contributed by atoms with E-state index in [4.69, 9.17) is 4.74 Å². The predicted octanol–water partition coefficient (Wildman–Crippen LogP) is 2.80. The molecular formula is C18H20F5N3O4. The maximum atomic E-state index is 13.3. The number of carbonyl (C=O) groups excluding carboxylic acids is 2. The first kappa shape index (κ1) is 22.1. The number of nitrogens with one attached hydrogen (secondary N) is 2. The summed E-state index contributed by atoms with van der Waals surface area (Å²) >= 11 is 0. The van der Waals surface area contributed by atoms with E-state index in [0.717, 1.165) is 12.1 Å². The van der Waals surface area contributed by atoms with E-state index in [1.54, 1.807) is 0 Å². The van der Waals surface area contributed by atoms with Gasteiger partial charge in [0.25, 0.3) is 5.92 Å². The van der Waals surface area contributed by atoms with Crippen molar-refractivity contribution in [1.29, 1.82) is 0 Å². The van der Waals surface area contributed by atoms with Gasteiger partial charge in [0, 0.05) is 38.2 Å². The molecule has 1 heterocycles. The van der Waals surface area contributed by atoms with E-state index in [0.29, 0.717) is 0 Å². The third-order valence-corrected chi connectivity index (χ3v) is 4.87. The van der Waals surface area contributed by atoms with Gasteiger partial charge >= 0.3 is 12.4 Å². The predicted molar refractivity (Wildman–Crippen MR) is 94.3 cm³/mol. The highest BCUT2D eigenvalue weighted by Gasteiger charge is 2.57. The summed E-state index contributed by atoms with van der Waals surface area (Å²) in [6.45, 7) is 0.0489. The lowest BCUT2D eigenvalue weighted by Crippen LogP contribution is -2.66. The molecule has 1 saturated heterocycles. The van der Waals surface area contributed by atoms with Gasteiger partial charge in [0.15, 0.2) is 0 Å². The highest BCUT2D eigenvalue weighted by Crippen LogP contribution is 2.45. The molecule has 12 heteroatoms. The topological polar surface area (TPSA) is 79.9 Å². The molecule has 1 unspecified atom stereocenters. The van der Waals surface area contributed by atoms with Gasteiger partial charge in [0.2, 0.25) is 5.91 Å². The second kappa shape index (κ2) is 7.89. The zero-order valence-corrected chi connectivity index (χ0v) is 15.9. The number of methoxy groups -OCH3 is 1. The summed E-state index contributed by atoms with van der Waals surface area (Å²) in [5.41, 5.74) is -1.03. The van der Waals surface area contributed by atoms with Crippen LogP contribution in [0.5, 0.6) is 5.75 Å². The molecule has 3 amide bonds. The van der Waals surface area contributed by atoms with Gasteiger partial charge in [0.05, 0.1) is 12.1 Å². The minimum absolute atomic E-state index is 0.104. The van der Waals surface area contributed by atoms with Crippen molar-refractivity contribution in [2.45, 2.75) is 43.1 Å². The van der Waals surface area contributed by atoms with Crippen molar-refractivity contribution in [3.63, 3.8) is 0 Å². The molecule has 1 aromatic carbocycles. The van der Waals surface area contributed by atoms with Gasteiger partial charge in [-0.25, -0.2) is 13.6 Å². The monoisotopic (exact) mass is 437 g/mol. The second-order valence-corrected chi connectivity index (χ2v) is 7.40. The Balaban J connectivity index is 1.60. The van der Waals surface area contributed by atoms with E-state index in [-0.39, 0.29) is 25.3 Å². The first-order valence-corrected chi connectivity index (χ1v) is 9.05. The number of carbonyl (C=O) groups is 2. The number of nitrogens with zero attached hydrogens (tertiary/aromatic N) is 1. The van der Waals surface area contributed by atoms with Crippen molar-refractivity contribution in [2.75, 3.05) is 25.2 Å². The van der Waals surface area contributed by atoms with Gasteiger partial charge in [-0.2, -0.15) is 0 Å². The molecule has 7 nitrogen and oxygen atoms in total. The van der Waals surface area contributed by atoms with Gasteiger partial charge in [-0.05, 0) is 18.6 Å². The molecule has 0 aromatic heterocycles. The van der Waals surface area contributed by atoms with Crippen LogP contribution in [0.1, 0.15) is 19.3 Å². The average molecular weight is 437 g/mol. The van der Waals surface area contributed by atoms with Crippen LogP contribution in [0, 0.1) is 0 Å². The van der Waals surface area contributed by atoms with Gasteiger partial charge in [-0.1, -0.05) is 6.07 Å². The number of urea groups is 1. The van der Waals surface area contributed by atoms with Gasteiger partial charge in [0.1, 0.15) is 11.8 Å². The fourth-order valence-corrected chi connectivity index (χ4v) is 3.80. The van der Waals surface area contributed by atoms with Crippen LogP contribution < -0.4 is 20.3 Å². The number of amides is 3. The van der Waals surface area contributed by atoms with Crippen LogP contribution in [-0.4, -0.2) is 56.1 Å². The lowest BCUT2D eigenvalue weighted by Gasteiger charge is -2.47. The Morgan fingerprint density at radius 3 is 2.60 bits per heavy atom. The second-order valence-electron chi connectivity index (χ2n) is 7.40. The van der Waals surface area contributed by atoms with Gasteiger partial charge in [-0.3, -0.25) is 4.79 Å². The maximum absolute atomic E-state index is 13.3. The minimum atomic E-state index is -4.87. The zero-order chi connectivity index (χ0) is 22.2. The van der Waals surface area contributed by atoms with Crippen LogP contribution in [0.3, 0.4) is 0 Å². The van der Waals surface area contributed by atoms with E-state index in [2.05, 4.69) is 15.4 Å². The molecule has 0 spiro atoms. The van der Waals surface area contributed by atoms with E-state index in [1.165, 1.54) is 24.1 Å². The summed E-state index contributed by atoms with van der Waals surface area (Å²) in [6, 6.07) is 3.17. The minimum Gasteiger partial charge on any atom is -0.406 e. The lowest BCUT2D eigenvalue weighted by molar-refractivity contribution is -0.274. The fraction of sp³-hybridized carbons (Fsp3) is 0.556. The van der Waals surface area contributed by atoms with Crippen molar-refractivity contribution in [1.82, 2.24) is 10.6 Å². The maximum Gasteiger partial charge on any atom is 0.573 e. The number of hydrogen-bond acceptors (Lipinski definition) is 4. The van der Waals surface area contributed by atoms with E-state index in [9.17, 15) is 31.5 Å². The SMILES string of the molecule is COCC1(NC(=O)NC2CCN(c3cccc(OC(F)(F)F)c3)C2=O)CC(F)(F)C1. The average Bonchev–Trinajstić information content (AvgIpc) is 2.92. The van der Waals surface area contributed by atoms with Crippen molar-refractivity contribution in [2.24, 2.45) is 0 Å². The number of ether oxygens (including phenoxy) is 2. The normalized spacial score (nSPS) is 22.4. The third kappa shape index (κ3) is 5.10. The molecule has 1 aliphatic heterocycles. The van der Waals surface area contributed by atoms with Crippen molar-refractivity contribution >= 4 is 17.6 Å². The van der Waals surface area contributed by atoms with E-state index < -0.39 is 54.4 Å². The standard InChI is InChI=1S/C18H20F5N3O4/c1-29-10-16(8-17(19,20)9-16)25-15(28)24-13-5-6-26(14(13)27)11-3-2-4-12(7-11)30-18(21,22)23/h2-4,7,13H,5-6,8-10H2,1H3,(H2,24,25,28). The molecule has 2 fully saturated rings. The number of alkyl halides is 5. The third-order valence-electron chi connectivity index (χ3n) is 4.87. The molecular weight excluding hydrogens is 417 g/mol. The van der Waals surface area contributed by atoms with Gasteiger partial charge in [-0.15, -0.1) is 13.2 Å². The van der Waals surface area contributed by atoms with Crippen molar-refractivity contribution < 1.29 is 41.0 Å². The lowest BCUT2D eigenvalue weighted by atomic mass is 9.74. The Kier molecular flexibility index (Phi) is 5.81. The summed E-state index contributed by atoms with van der Waals surface area (Å²) in [5, 5.41) is 4.89. The molecule has 3 rings (SSSR count). The van der Waals surface area contributed by atoms with Crippen LogP contribution in [0.2, 0.25) is 0 Å². The number of hydrogen-bond donors (Lipinski definition) is 2. The number of benzene rings is 1. The number of anilines is 1. The van der Waals surface area contributed by atoms with E-state index in [1.807, 2.05) is 0 Å². The summed E-state index contributed by atoms with van der Waals surface area (Å²) in [6.07, 6.45) is -5.81. The highest BCUT2D eigenvalue weighted by molar-refractivity contribution is 6.01. The largest absolute Gasteiger partial charge is 0.573 e. The Hall–Kier alpha value is -2.63. The summed E-state index contributed by atoms with van der Waals surface area (Å²) < 4.78 is 72.5. The van der Waals surface area contributed by atoms with Crippen LogP contribution in [0.25, 0.3) is 0 Å². The molecule has 30 heavy (non-hydrogen) atoms. The molecule has 2 N–H and O–H groups in total. The molecule has 166 valence electrons. The molecule has 1 aromatic rings. The summed E-state index contributed by atoms with van der Waals surface area (Å²) in [5.74, 6) is -3.90. The molecule has 0 bridgehead atoms. The molecule has 1 saturated carbocycles. The highest BCUT2D eigenvalue weighted by atomic mass is 19.4. The molecule has 1 aliphatic carbocycles. The van der Waals surface area contributed by atoms with E-state index >= 15 is 0 Å². The Bertz CT molecular complexity index is 809. The van der Waals surface area contributed by atoms with Crippen molar-refractivity contribution in [3.05, 3.63) is 24.3 Å². The summed E-state index contributed by atoms with van der Waals surface area (Å²) in [7, 11) is 1.33. The first-order valence-electron chi connectivity index (χ1n) is 9.05. The Morgan fingerprint density at radius 2 is 2.00 bits per heavy atom. The molecule has 0 radical (unpaired) electrons. The molecule has 1 atom stereocenters. The van der Waals surface area contributed by atoms with Crippen LogP contribution in [0.15, 0.2) is 24.3 Å². The smallest absolute Gasteiger partial charge is 0.406 e. The fourth-order valence-electron chi connectivity index (χ4n) is 3.80. The summed E-state index contributed by atoms with van der Waals surface area (Å²) in [4.78, 5) is 26.1. The van der Waals surface area contributed by atoms with Crippen LogP contribution >= 0.6 is 0 Å². The first-order chi connectivity index (χ1) is 13.9. The van der Waals surface area contributed by atoms with Crippen LogP contribution in [-0.2, 0) is 9.53 Å². The van der Waals surface area contributed by atoms with Gasteiger partial charge < -0.3 is 25.0 Å². The number of halogens is 5. The van der Waals surface area contributed by atoms with Crippen molar-refractivity contribution in [3.8, 4) is 5.75 Å². The Labute approximate surface area is 168 Å². The molecule has 2 aliphatic rings. The zero-order valence-electron chi connectivity index (χ0n) is 15.9. The van der Waals surface area contributed by atoms with Crippen LogP contribution in [0.4, 0.5) is 32.4 Å². The number of rotatable bonds is 6. The quantitative estimate of drug-likeness (QED) is 0.671. The Morgan fingerprint density at radius 1 is 1.30 bits per heavy atom.